The zero-order valence-electron chi connectivity index (χ0n) is 26.7. The molecule has 0 aromatic heterocycles. The number of amides is 4. The first kappa shape index (κ1) is 32.6. The van der Waals surface area contributed by atoms with Crippen LogP contribution in [-0.2, 0) is 32.2 Å². The van der Waals surface area contributed by atoms with E-state index in [4.69, 9.17) is 4.74 Å². The maximum atomic E-state index is 14.5. The fraction of sp³-hybridized carbons (Fsp3) is 0.600. The first-order valence-corrected chi connectivity index (χ1v) is 17.4. The number of ether oxygens (including phenoxy) is 1. The molecule has 0 radical (unpaired) electrons. The summed E-state index contributed by atoms with van der Waals surface area (Å²) in [7, 11) is 0. The molecule has 5 aliphatic rings. The van der Waals surface area contributed by atoms with Crippen LogP contribution < -0.4 is 15.4 Å². The van der Waals surface area contributed by atoms with Gasteiger partial charge in [0.05, 0.1) is 19.1 Å². The standard InChI is InChI=1S/C35H47N5O5S/c1-3-26-18-35(26,33(43)38-46)37-31(41)29-17-27-20-40(29)32(42)30(24-13-8-9-14-24)36-22(2)11-6-4-5-7-12-23-15-10-16-25-19-39(21-28(23)25)34(44)45-27/h3,7,10,12,15-16,22,24,26-27,29-30,36,46H,1,4-6,8-9,11,13-14,17-21H2,2H3,(H,37,41)(H,38,43)/b12-7+/t22?,26-,27-,29+,30+,35-/m1/s1. The van der Waals surface area contributed by atoms with E-state index in [2.05, 4.69) is 59.9 Å². The lowest BCUT2D eigenvalue weighted by molar-refractivity contribution is -0.142. The molecular weight excluding hydrogens is 602 g/mol. The minimum absolute atomic E-state index is 0.118. The summed E-state index contributed by atoms with van der Waals surface area (Å²) in [5, 5.41) is 6.60. The van der Waals surface area contributed by atoms with Gasteiger partial charge in [-0.2, -0.15) is 0 Å². The molecule has 1 saturated heterocycles. The molecule has 2 aliphatic carbocycles. The van der Waals surface area contributed by atoms with E-state index in [9.17, 15) is 19.2 Å². The molecule has 2 saturated carbocycles. The Balaban J connectivity index is 1.28. The van der Waals surface area contributed by atoms with Crippen molar-refractivity contribution in [3.63, 3.8) is 0 Å². The molecule has 1 unspecified atom stereocenters. The highest BCUT2D eigenvalue weighted by atomic mass is 32.1. The van der Waals surface area contributed by atoms with Crippen LogP contribution in [0.4, 0.5) is 4.79 Å². The van der Waals surface area contributed by atoms with Crippen molar-refractivity contribution < 1.29 is 23.9 Å². The number of benzene rings is 1. The second-order valence-electron chi connectivity index (χ2n) is 13.8. The lowest BCUT2D eigenvalue weighted by Gasteiger charge is -2.33. The Hall–Kier alpha value is -3.31. The van der Waals surface area contributed by atoms with Crippen molar-refractivity contribution >= 4 is 42.7 Å². The number of fused-ring (bicyclic) bond motifs is 3. The van der Waals surface area contributed by atoms with Gasteiger partial charge in [-0.25, -0.2) is 4.79 Å². The second-order valence-corrected chi connectivity index (χ2v) is 14.0. The molecule has 4 amide bonds. The van der Waals surface area contributed by atoms with Crippen LogP contribution >= 0.6 is 12.8 Å². The summed E-state index contributed by atoms with van der Waals surface area (Å²) in [4.78, 5) is 58.1. The molecule has 4 bridgehead atoms. The zero-order chi connectivity index (χ0) is 32.4. The van der Waals surface area contributed by atoms with Crippen LogP contribution in [0.25, 0.3) is 6.08 Å². The first-order chi connectivity index (χ1) is 22.2. The molecule has 3 heterocycles. The lowest BCUT2D eigenvalue weighted by Crippen LogP contribution is -2.58. The molecule has 1 aromatic carbocycles. The van der Waals surface area contributed by atoms with Gasteiger partial charge in [0.2, 0.25) is 11.8 Å². The molecule has 3 fully saturated rings. The number of allylic oxidation sites excluding steroid dienone is 1. The van der Waals surface area contributed by atoms with Crippen LogP contribution in [-0.4, -0.2) is 69.9 Å². The molecule has 6 atom stereocenters. The normalized spacial score (nSPS) is 32.6. The number of nitrogens with one attached hydrogen (secondary N) is 3. The number of rotatable bonds is 5. The summed E-state index contributed by atoms with van der Waals surface area (Å²) in [6.45, 7) is 6.96. The Bertz CT molecular complexity index is 1400. The van der Waals surface area contributed by atoms with Crippen LogP contribution in [0.2, 0.25) is 0 Å². The number of nitrogens with zero attached hydrogens (tertiary/aromatic N) is 2. The van der Waals surface area contributed by atoms with E-state index in [0.29, 0.717) is 19.5 Å². The van der Waals surface area contributed by atoms with Gasteiger partial charge in [-0.15, -0.1) is 6.58 Å². The van der Waals surface area contributed by atoms with E-state index < -0.39 is 41.6 Å². The second kappa shape index (κ2) is 13.8. The van der Waals surface area contributed by atoms with Crippen molar-refractivity contribution in [2.45, 2.75) is 114 Å². The van der Waals surface area contributed by atoms with Crippen molar-refractivity contribution in [2.24, 2.45) is 11.8 Å². The molecule has 3 N–H and O–H groups in total. The molecule has 46 heavy (non-hydrogen) atoms. The molecule has 11 heteroatoms. The minimum atomic E-state index is -1.15. The number of hydrogen-bond acceptors (Lipinski definition) is 7. The average Bonchev–Trinajstić information content (AvgIpc) is 3.49. The van der Waals surface area contributed by atoms with Crippen molar-refractivity contribution in [3.8, 4) is 0 Å². The van der Waals surface area contributed by atoms with Crippen LogP contribution in [0, 0.1) is 11.8 Å². The zero-order valence-corrected chi connectivity index (χ0v) is 27.6. The van der Waals surface area contributed by atoms with Crippen molar-refractivity contribution in [1.82, 2.24) is 25.2 Å². The van der Waals surface area contributed by atoms with E-state index in [0.717, 1.165) is 68.1 Å². The Labute approximate surface area is 277 Å². The third-order valence-corrected chi connectivity index (χ3v) is 10.9. The average molecular weight is 650 g/mol. The van der Waals surface area contributed by atoms with Crippen molar-refractivity contribution in [3.05, 3.63) is 53.6 Å². The predicted molar refractivity (Wildman–Crippen MR) is 178 cm³/mol. The highest BCUT2D eigenvalue weighted by molar-refractivity contribution is 7.78. The summed E-state index contributed by atoms with van der Waals surface area (Å²) in [5.41, 5.74) is 2.19. The molecule has 3 aliphatic heterocycles. The SMILES string of the molecule is C=C[C@@H]1C[C@]1(NC(=O)[C@@H]1C[C@@H]2CN1C(=O)[C@H](C1CCCC1)NC(C)CCCC/C=C/c1cccc3c1CN(C3)C(=O)O2)C(=O)NS. The Morgan fingerprint density at radius 1 is 1.13 bits per heavy atom. The Morgan fingerprint density at radius 3 is 2.65 bits per heavy atom. The third-order valence-electron chi connectivity index (χ3n) is 10.7. The fourth-order valence-electron chi connectivity index (χ4n) is 7.95. The topological polar surface area (TPSA) is 120 Å². The number of thiol groups is 1. The van der Waals surface area contributed by atoms with Gasteiger partial charge in [-0.3, -0.25) is 19.3 Å². The molecular formula is C35H47N5O5S. The highest BCUT2D eigenvalue weighted by Crippen LogP contribution is 2.45. The maximum Gasteiger partial charge on any atom is 0.410 e. The number of carbonyl (C=O) groups is 4. The van der Waals surface area contributed by atoms with Gasteiger partial charge in [0.25, 0.3) is 5.91 Å². The van der Waals surface area contributed by atoms with Crippen LogP contribution in [0.15, 0.2) is 36.9 Å². The van der Waals surface area contributed by atoms with Gasteiger partial charge >= 0.3 is 6.09 Å². The molecule has 248 valence electrons. The monoisotopic (exact) mass is 649 g/mol. The van der Waals surface area contributed by atoms with E-state index in [1.165, 1.54) is 0 Å². The van der Waals surface area contributed by atoms with Crippen LogP contribution in [0.1, 0.15) is 87.8 Å². The molecule has 10 nitrogen and oxygen atoms in total. The quantitative estimate of drug-likeness (QED) is 0.280. The van der Waals surface area contributed by atoms with Crippen LogP contribution in [0.3, 0.4) is 0 Å². The summed E-state index contributed by atoms with van der Waals surface area (Å²) >= 11 is 3.95. The third kappa shape index (κ3) is 6.58. The van der Waals surface area contributed by atoms with Gasteiger partial charge in [-0.1, -0.05) is 68.5 Å². The van der Waals surface area contributed by atoms with E-state index >= 15 is 0 Å². The van der Waals surface area contributed by atoms with E-state index in [1.807, 2.05) is 12.1 Å². The Kier molecular flexibility index (Phi) is 9.80. The van der Waals surface area contributed by atoms with Crippen LogP contribution in [0.5, 0.6) is 0 Å². The van der Waals surface area contributed by atoms with E-state index in [-0.39, 0.29) is 36.8 Å². The maximum absolute atomic E-state index is 14.5. The van der Waals surface area contributed by atoms with Gasteiger partial charge in [0, 0.05) is 24.9 Å². The first-order valence-electron chi connectivity index (χ1n) is 16.9. The summed E-state index contributed by atoms with van der Waals surface area (Å²) in [6, 6.07) is 4.95. The molecule has 6 rings (SSSR count). The van der Waals surface area contributed by atoms with Crippen molar-refractivity contribution in [2.75, 3.05) is 6.54 Å². The van der Waals surface area contributed by atoms with Gasteiger partial charge in [0.15, 0.2) is 0 Å². The molecule has 0 spiro atoms. The van der Waals surface area contributed by atoms with Gasteiger partial charge in [-0.05, 0) is 68.1 Å². The lowest BCUT2D eigenvalue weighted by atomic mass is 9.94. The fourth-order valence-corrected chi connectivity index (χ4v) is 8.15. The number of carbonyl (C=O) groups excluding carboxylic acids is 4. The molecule has 1 aromatic rings. The van der Waals surface area contributed by atoms with Gasteiger partial charge in [0.1, 0.15) is 17.7 Å². The van der Waals surface area contributed by atoms with Gasteiger partial charge < -0.3 is 25.0 Å². The summed E-state index contributed by atoms with van der Waals surface area (Å²) in [6.07, 6.45) is 13.5. The summed E-state index contributed by atoms with van der Waals surface area (Å²) in [5.74, 6) is -1.05. The Morgan fingerprint density at radius 2 is 1.91 bits per heavy atom. The summed E-state index contributed by atoms with van der Waals surface area (Å²) < 4.78 is 8.41. The van der Waals surface area contributed by atoms with E-state index in [1.54, 1.807) is 15.9 Å². The smallest absolute Gasteiger partial charge is 0.410 e. The van der Waals surface area contributed by atoms with Crippen molar-refractivity contribution in [1.29, 1.82) is 0 Å². The minimum Gasteiger partial charge on any atom is -0.444 e. The largest absolute Gasteiger partial charge is 0.444 e. The number of hydrogen-bond donors (Lipinski definition) is 4. The highest BCUT2D eigenvalue weighted by Gasteiger charge is 2.60. The predicted octanol–water partition coefficient (Wildman–Crippen LogP) is 4.25.